The van der Waals surface area contributed by atoms with Gasteiger partial charge in [-0.05, 0) is 25.5 Å². The Morgan fingerprint density at radius 2 is 2.14 bits per heavy atom. The molecular weight excluding hydrogens is 180 g/mol. The molecule has 4 N–H and O–H groups in total. The quantitative estimate of drug-likeness (QED) is 0.560. The molecule has 0 spiro atoms. The van der Waals surface area contributed by atoms with Gasteiger partial charge in [0.25, 0.3) is 0 Å². The Hall–Kier alpha value is -1.65. The molecular formula is C9H16N4O. The highest BCUT2D eigenvalue weighted by molar-refractivity contribution is 5.72. The zero-order chi connectivity index (χ0) is 10.6. The molecule has 5 heteroatoms. The van der Waals surface area contributed by atoms with Crippen LogP contribution in [0.3, 0.4) is 0 Å². The van der Waals surface area contributed by atoms with Crippen LogP contribution >= 0.6 is 0 Å². The topological polar surface area (TPSA) is 76.5 Å². The first kappa shape index (κ1) is 10.4. The van der Waals surface area contributed by atoms with Crippen LogP contribution in [0.5, 0.6) is 0 Å². The minimum atomic E-state index is -0.0370. The van der Waals surface area contributed by atoms with E-state index in [9.17, 15) is 4.79 Å². The minimum Gasteiger partial charge on any atom is -0.351 e. The number of hydrogen-bond donors (Lipinski definition) is 4. The molecule has 1 heterocycles. The van der Waals surface area contributed by atoms with Gasteiger partial charge < -0.3 is 5.32 Å². The van der Waals surface area contributed by atoms with Crippen molar-refractivity contribution in [3.05, 3.63) is 23.0 Å². The van der Waals surface area contributed by atoms with Gasteiger partial charge in [-0.1, -0.05) is 0 Å². The molecule has 0 unspecified atom stereocenters. The second kappa shape index (κ2) is 4.55. The van der Waals surface area contributed by atoms with Gasteiger partial charge in [-0.3, -0.25) is 15.0 Å². The molecule has 14 heavy (non-hydrogen) atoms. The minimum absolute atomic E-state index is 0.0370. The van der Waals surface area contributed by atoms with Crippen LogP contribution in [0.1, 0.15) is 23.9 Å². The Balaban J connectivity index is 2.88. The monoisotopic (exact) mass is 196 g/mol. The van der Waals surface area contributed by atoms with E-state index in [2.05, 4.69) is 20.7 Å². The van der Waals surface area contributed by atoms with E-state index in [-0.39, 0.29) is 5.91 Å². The number of nitrogens with one attached hydrogen (secondary N) is 4. The van der Waals surface area contributed by atoms with Crippen LogP contribution < -0.4 is 5.32 Å². The average molecular weight is 196 g/mol. The number of hydrogen-bond acceptors (Lipinski definition) is 1. The summed E-state index contributed by atoms with van der Waals surface area (Å²) in [5, 5.41) is 11.5. The molecule has 0 atom stereocenters. The zero-order valence-electron chi connectivity index (χ0n) is 8.69. The van der Waals surface area contributed by atoms with Gasteiger partial charge in [0.05, 0.1) is 12.2 Å². The van der Waals surface area contributed by atoms with Crippen LogP contribution in [0.2, 0.25) is 0 Å². The maximum absolute atomic E-state index is 10.7. The molecule has 0 radical (unpaired) electrons. The van der Waals surface area contributed by atoms with E-state index in [1.807, 2.05) is 19.9 Å². The van der Waals surface area contributed by atoms with Crippen molar-refractivity contribution in [3.8, 4) is 0 Å². The van der Waals surface area contributed by atoms with Crippen LogP contribution in [-0.4, -0.2) is 21.3 Å². The summed E-state index contributed by atoms with van der Waals surface area (Å²) in [6, 6.07) is 2.00. The normalized spacial score (nSPS) is 9.64. The van der Waals surface area contributed by atoms with Gasteiger partial charge in [0.15, 0.2) is 0 Å². The molecule has 1 rings (SSSR count). The van der Waals surface area contributed by atoms with E-state index < -0.39 is 0 Å². The van der Waals surface area contributed by atoms with Crippen molar-refractivity contribution in [2.24, 2.45) is 0 Å². The summed E-state index contributed by atoms with van der Waals surface area (Å²) >= 11 is 0. The maximum Gasteiger partial charge on any atom is 0.217 e. The Morgan fingerprint density at radius 1 is 1.43 bits per heavy atom. The fourth-order valence-corrected chi connectivity index (χ4v) is 1.15. The van der Waals surface area contributed by atoms with Gasteiger partial charge in [0, 0.05) is 12.6 Å². The smallest absolute Gasteiger partial charge is 0.217 e. The highest BCUT2D eigenvalue weighted by Gasteiger charge is 1.98. The zero-order valence-corrected chi connectivity index (χ0v) is 8.69. The third kappa shape index (κ3) is 3.01. The standard InChI is InChI=1S/C9H16N4O/c1-6-4-7(2)11-13-12-9(6)5-10-8(3)14/h4,11-13H,5H2,1-3H3,(H,10,14). The fourth-order valence-electron chi connectivity index (χ4n) is 1.15. The van der Waals surface area contributed by atoms with E-state index in [1.165, 1.54) is 6.92 Å². The van der Waals surface area contributed by atoms with E-state index in [4.69, 9.17) is 0 Å². The summed E-state index contributed by atoms with van der Waals surface area (Å²) in [5.41, 5.74) is 3.06. The van der Waals surface area contributed by atoms with E-state index in [0.717, 1.165) is 17.0 Å². The summed E-state index contributed by atoms with van der Waals surface area (Å²) in [6.07, 6.45) is 0. The number of carbonyl (C=O) groups is 1. The molecule has 0 aliphatic rings. The molecule has 5 nitrogen and oxygen atoms in total. The predicted molar refractivity (Wildman–Crippen MR) is 54.1 cm³/mol. The van der Waals surface area contributed by atoms with E-state index in [1.54, 1.807) is 0 Å². The number of aromatic nitrogens is 3. The number of amides is 1. The molecule has 0 fully saturated rings. The van der Waals surface area contributed by atoms with Crippen molar-refractivity contribution in [2.45, 2.75) is 27.3 Å². The van der Waals surface area contributed by atoms with Crippen LogP contribution in [0.4, 0.5) is 0 Å². The highest BCUT2D eigenvalue weighted by atomic mass is 16.1. The second-order valence-electron chi connectivity index (χ2n) is 3.27. The first-order chi connectivity index (χ1) is 6.59. The Bertz CT molecular complexity index is 357. The molecule has 0 saturated heterocycles. The van der Waals surface area contributed by atoms with Gasteiger partial charge in [0.2, 0.25) is 5.91 Å². The van der Waals surface area contributed by atoms with Crippen molar-refractivity contribution in [2.75, 3.05) is 0 Å². The summed E-state index contributed by atoms with van der Waals surface area (Å²) in [7, 11) is 0. The van der Waals surface area contributed by atoms with Gasteiger partial charge in [-0.15, -0.1) is 0 Å². The lowest BCUT2D eigenvalue weighted by Crippen LogP contribution is -2.20. The average Bonchev–Trinajstić information content (AvgIpc) is 2.23. The second-order valence-corrected chi connectivity index (χ2v) is 3.27. The van der Waals surface area contributed by atoms with E-state index in [0.29, 0.717) is 6.54 Å². The molecule has 0 bridgehead atoms. The Morgan fingerprint density at radius 3 is 2.79 bits per heavy atom. The molecule has 78 valence electrons. The van der Waals surface area contributed by atoms with Crippen molar-refractivity contribution < 1.29 is 4.79 Å². The lowest BCUT2D eigenvalue weighted by molar-refractivity contribution is -0.119. The first-order valence-corrected chi connectivity index (χ1v) is 4.49. The molecule has 0 aliphatic heterocycles. The van der Waals surface area contributed by atoms with Crippen LogP contribution in [-0.2, 0) is 11.3 Å². The summed E-state index contributed by atoms with van der Waals surface area (Å²) < 4.78 is 0. The summed E-state index contributed by atoms with van der Waals surface area (Å²) in [5.74, 6) is -0.0370. The van der Waals surface area contributed by atoms with Crippen molar-refractivity contribution in [1.82, 2.24) is 20.7 Å². The summed E-state index contributed by atoms with van der Waals surface area (Å²) in [6.45, 7) is 5.95. The van der Waals surface area contributed by atoms with Gasteiger partial charge in [0.1, 0.15) is 0 Å². The number of rotatable bonds is 2. The van der Waals surface area contributed by atoms with Crippen molar-refractivity contribution in [1.29, 1.82) is 0 Å². The van der Waals surface area contributed by atoms with Gasteiger partial charge >= 0.3 is 0 Å². The molecule has 0 aromatic carbocycles. The third-order valence-electron chi connectivity index (χ3n) is 1.90. The van der Waals surface area contributed by atoms with E-state index >= 15 is 0 Å². The number of aryl methyl sites for hydroxylation is 2. The van der Waals surface area contributed by atoms with Gasteiger partial charge in [-0.25, -0.2) is 5.21 Å². The van der Waals surface area contributed by atoms with Crippen LogP contribution in [0.25, 0.3) is 0 Å². The predicted octanol–water partition coefficient (Wildman–Crippen LogP) is 1.05. The van der Waals surface area contributed by atoms with Gasteiger partial charge in [-0.2, -0.15) is 0 Å². The SMILES string of the molecule is CC(=O)NCc1[nH][nH][nH]c(C)cc1C. The third-order valence-corrected chi connectivity index (χ3v) is 1.90. The highest BCUT2D eigenvalue weighted by Crippen LogP contribution is 2.01. The molecule has 1 aromatic rings. The van der Waals surface area contributed by atoms with Crippen LogP contribution in [0, 0.1) is 13.8 Å². The number of aromatic amines is 3. The number of H-pyrrole nitrogens is 3. The Labute approximate surface area is 82.6 Å². The van der Waals surface area contributed by atoms with Crippen LogP contribution in [0.15, 0.2) is 6.07 Å². The number of carbonyl (C=O) groups excluding carboxylic acids is 1. The molecule has 0 saturated carbocycles. The molecule has 1 amide bonds. The fraction of sp³-hybridized carbons (Fsp3) is 0.444. The molecule has 1 aromatic heterocycles. The lowest BCUT2D eigenvalue weighted by Gasteiger charge is -2.02. The summed E-state index contributed by atoms with van der Waals surface area (Å²) in [4.78, 5) is 10.7. The largest absolute Gasteiger partial charge is 0.351 e. The lowest BCUT2D eigenvalue weighted by atomic mass is 10.2. The Kier molecular flexibility index (Phi) is 3.39. The van der Waals surface area contributed by atoms with Crippen molar-refractivity contribution >= 4 is 5.91 Å². The molecule has 0 aliphatic carbocycles. The van der Waals surface area contributed by atoms with Crippen molar-refractivity contribution in [3.63, 3.8) is 0 Å². The maximum atomic E-state index is 10.7. The first-order valence-electron chi connectivity index (χ1n) is 4.49.